The van der Waals surface area contributed by atoms with Gasteiger partial charge < -0.3 is 5.32 Å². The third kappa shape index (κ3) is 2.19. The van der Waals surface area contributed by atoms with Crippen LogP contribution >= 0.6 is 0 Å². The van der Waals surface area contributed by atoms with Crippen molar-refractivity contribution in [1.29, 1.82) is 0 Å². The Kier molecular flexibility index (Phi) is 2.84. The predicted octanol–water partition coefficient (Wildman–Crippen LogP) is 0.856. The maximum absolute atomic E-state index is 11.6. The number of terminal acetylenes is 1. The van der Waals surface area contributed by atoms with Crippen LogP contribution in [0.2, 0.25) is 0 Å². The van der Waals surface area contributed by atoms with Crippen LogP contribution in [0.5, 0.6) is 0 Å². The molecule has 92 valence electrons. The average molecular weight is 232 g/mol. The molecule has 4 aliphatic rings. The zero-order chi connectivity index (χ0) is 11.8. The first-order chi connectivity index (χ1) is 8.28. The molecule has 4 fully saturated rings. The molecule has 3 saturated heterocycles. The summed E-state index contributed by atoms with van der Waals surface area (Å²) in [5, 5.41) is 3.10. The molecule has 0 radical (unpaired) electrons. The number of hydrogen-bond acceptors (Lipinski definition) is 2. The molecule has 1 N–H and O–H groups in total. The van der Waals surface area contributed by atoms with Crippen molar-refractivity contribution in [2.75, 3.05) is 19.6 Å². The van der Waals surface area contributed by atoms with Crippen LogP contribution in [0.25, 0.3) is 0 Å². The van der Waals surface area contributed by atoms with E-state index in [0.29, 0.717) is 23.8 Å². The van der Waals surface area contributed by atoms with Gasteiger partial charge in [0.05, 0.1) is 0 Å². The third-order valence-corrected chi connectivity index (χ3v) is 4.55. The van der Waals surface area contributed by atoms with E-state index >= 15 is 0 Å². The summed E-state index contributed by atoms with van der Waals surface area (Å²) in [4.78, 5) is 14.1. The highest BCUT2D eigenvalue weighted by Crippen LogP contribution is 2.35. The smallest absolute Gasteiger partial charge is 0.223 e. The van der Waals surface area contributed by atoms with Crippen molar-refractivity contribution in [1.82, 2.24) is 10.2 Å². The van der Waals surface area contributed by atoms with Gasteiger partial charge in [-0.15, -0.1) is 12.3 Å². The summed E-state index contributed by atoms with van der Waals surface area (Å²) in [7, 11) is 0. The van der Waals surface area contributed by atoms with Crippen LogP contribution in [0.3, 0.4) is 0 Å². The number of fused-ring (bicyclic) bond motifs is 3. The van der Waals surface area contributed by atoms with Crippen molar-refractivity contribution in [2.24, 2.45) is 17.8 Å². The van der Waals surface area contributed by atoms with Gasteiger partial charge in [-0.3, -0.25) is 9.69 Å². The molecule has 0 aromatic carbocycles. The van der Waals surface area contributed by atoms with Crippen molar-refractivity contribution < 1.29 is 4.79 Å². The van der Waals surface area contributed by atoms with E-state index < -0.39 is 0 Å². The Morgan fingerprint density at radius 2 is 2.24 bits per heavy atom. The third-order valence-electron chi connectivity index (χ3n) is 4.55. The van der Waals surface area contributed by atoms with E-state index in [2.05, 4.69) is 16.1 Å². The summed E-state index contributed by atoms with van der Waals surface area (Å²) in [6.07, 6.45) is 10.1. The average Bonchev–Trinajstić information content (AvgIpc) is 3.20. The highest BCUT2D eigenvalue weighted by Gasteiger charge is 2.39. The Hall–Kier alpha value is -1.01. The fourth-order valence-electron chi connectivity index (χ4n) is 3.25. The molecule has 1 amide bonds. The van der Waals surface area contributed by atoms with Crippen molar-refractivity contribution in [3.8, 4) is 12.3 Å². The summed E-state index contributed by atoms with van der Waals surface area (Å²) in [5.41, 5.74) is 0. The summed E-state index contributed by atoms with van der Waals surface area (Å²) in [6.45, 7) is 3.01. The molecule has 1 saturated carbocycles. The summed E-state index contributed by atoms with van der Waals surface area (Å²) < 4.78 is 0. The Labute approximate surface area is 103 Å². The Morgan fingerprint density at radius 3 is 2.82 bits per heavy atom. The second kappa shape index (κ2) is 4.34. The fraction of sp³-hybridized carbons (Fsp3) is 0.786. The molecule has 0 aromatic rings. The molecule has 1 unspecified atom stereocenters. The minimum absolute atomic E-state index is 0.265. The Morgan fingerprint density at radius 1 is 1.41 bits per heavy atom. The lowest BCUT2D eigenvalue weighted by atomic mass is 9.76. The van der Waals surface area contributed by atoms with Crippen LogP contribution in [0.1, 0.15) is 25.7 Å². The van der Waals surface area contributed by atoms with Crippen molar-refractivity contribution >= 4 is 5.91 Å². The number of nitrogens with zero attached hydrogens (tertiary/aromatic N) is 1. The molecule has 3 aliphatic heterocycles. The first-order valence-electron chi connectivity index (χ1n) is 6.76. The fourth-order valence-corrected chi connectivity index (χ4v) is 3.25. The van der Waals surface area contributed by atoms with Crippen LogP contribution in [-0.2, 0) is 4.79 Å². The molecule has 0 spiro atoms. The van der Waals surface area contributed by atoms with E-state index in [0.717, 1.165) is 32.5 Å². The van der Waals surface area contributed by atoms with Crippen molar-refractivity contribution in [3.05, 3.63) is 0 Å². The molecule has 1 aliphatic carbocycles. The van der Waals surface area contributed by atoms with Crippen molar-refractivity contribution in [2.45, 2.75) is 31.7 Å². The quantitative estimate of drug-likeness (QED) is 0.732. The van der Waals surface area contributed by atoms with Gasteiger partial charge in [-0.1, -0.05) is 0 Å². The molecule has 4 rings (SSSR count). The zero-order valence-electron chi connectivity index (χ0n) is 10.2. The van der Waals surface area contributed by atoms with Gasteiger partial charge in [-0.25, -0.2) is 0 Å². The zero-order valence-corrected chi connectivity index (χ0v) is 10.2. The summed E-state index contributed by atoms with van der Waals surface area (Å²) >= 11 is 0. The number of hydrogen-bond donors (Lipinski definition) is 1. The highest BCUT2D eigenvalue weighted by molar-refractivity contribution is 5.80. The number of nitrogens with one attached hydrogen (secondary N) is 1. The van der Waals surface area contributed by atoms with Gasteiger partial charge in [0.25, 0.3) is 0 Å². The second-order valence-electron chi connectivity index (χ2n) is 5.73. The lowest BCUT2D eigenvalue weighted by Gasteiger charge is -2.48. The van der Waals surface area contributed by atoms with E-state index in [1.54, 1.807) is 0 Å². The molecule has 3 heterocycles. The van der Waals surface area contributed by atoms with Crippen LogP contribution in [0, 0.1) is 30.1 Å². The Bertz CT molecular complexity index is 356. The molecule has 2 bridgehead atoms. The molecular weight excluding hydrogens is 212 g/mol. The van der Waals surface area contributed by atoms with Gasteiger partial charge in [0, 0.05) is 31.0 Å². The molecule has 3 nitrogen and oxygen atoms in total. The summed E-state index contributed by atoms with van der Waals surface area (Å²) in [6, 6.07) is 0.529. The number of rotatable bonds is 3. The first kappa shape index (κ1) is 11.1. The highest BCUT2D eigenvalue weighted by atomic mass is 16.2. The molecule has 0 aromatic heterocycles. The molecule has 17 heavy (non-hydrogen) atoms. The van der Waals surface area contributed by atoms with E-state index in [1.807, 2.05) is 0 Å². The van der Waals surface area contributed by atoms with Crippen molar-refractivity contribution in [3.63, 3.8) is 0 Å². The lowest BCUT2D eigenvalue weighted by molar-refractivity contribution is -0.122. The van der Waals surface area contributed by atoms with Gasteiger partial charge >= 0.3 is 0 Å². The predicted molar refractivity (Wildman–Crippen MR) is 66.1 cm³/mol. The SMILES string of the molecule is C#C[C@H]1CN2CC[C@H]1C[C@@H]2CNC(=O)C1CC1. The largest absolute Gasteiger partial charge is 0.354 e. The van der Waals surface area contributed by atoms with E-state index in [-0.39, 0.29) is 5.91 Å². The number of carbonyl (C=O) groups excluding carboxylic acids is 1. The van der Waals surface area contributed by atoms with Crippen LogP contribution < -0.4 is 5.32 Å². The van der Waals surface area contributed by atoms with Gasteiger partial charge in [0.2, 0.25) is 5.91 Å². The van der Waals surface area contributed by atoms with Crippen LogP contribution in [0.15, 0.2) is 0 Å². The van der Waals surface area contributed by atoms with Crippen LogP contribution in [-0.4, -0.2) is 36.5 Å². The van der Waals surface area contributed by atoms with E-state index in [4.69, 9.17) is 6.42 Å². The number of carbonyl (C=O) groups is 1. The monoisotopic (exact) mass is 232 g/mol. The Balaban J connectivity index is 1.52. The second-order valence-corrected chi connectivity index (χ2v) is 5.73. The normalized spacial score (nSPS) is 39.7. The molecule has 4 atom stereocenters. The topological polar surface area (TPSA) is 32.3 Å². The van der Waals surface area contributed by atoms with Gasteiger partial charge in [-0.05, 0) is 38.1 Å². The van der Waals surface area contributed by atoms with E-state index in [9.17, 15) is 4.79 Å². The van der Waals surface area contributed by atoms with Gasteiger partial charge in [0.15, 0.2) is 0 Å². The number of piperidine rings is 3. The molecular formula is C14H20N2O. The number of amides is 1. The standard InChI is InChI=1S/C14H20N2O/c1-2-10-9-16-6-5-12(10)7-13(16)8-15-14(17)11-3-4-11/h1,10-13H,3-9H2,(H,15,17)/t10-,12-,13+/m0/s1. The lowest BCUT2D eigenvalue weighted by Crippen LogP contribution is -2.56. The van der Waals surface area contributed by atoms with Gasteiger partial charge in [-0.2, -0.15) is 0 Å². The maximum atomic E-state index is 11.6. The van der Waals surface area contributed by atoms with E-state index in [1.165, 1.54) is 12.8 Å². The minimum atomic E-state index is 0.265. The summed E-state index contributed by atoms with van der Waals surface area (Å²) in [5.74, 6) is 4.64. The molecule has 3 heteroatoms. The minimum Gasteiger partial charge on any atom is -0.354 e. The maximum Gasteiger partial charge on any atom is 0.223 e. The van der Waals surface area contributed by atoms with Gasteiger partial charge in [0.1, 0.15) is 0 Å². The van der Waals surface area contributed by atoms with Crippen LogP contribution in [0.4, 0.5) is 0 Å². The first-order valence-corrected chi connectivity index (χ1v) is 6.76.